The van der Waals surface area contributed by atoms with Crippen molar-refractivity contribution in [2.24, 2.45) is 0 Å². The highest BCUT2D eigenvalue weighted by atomic mass is 35.5. The molecule has 0 aliphatic carbocycles. The van der Waals surface area contributed by atoms with Gasteiger partial charge in [0.25, 0.3) is 0 Å². The summed E-state index contributed by atoms with van der Waals surface area (Å²) in [5.41, 5.74) is 1.72. The van der Waals surface area contributed by atoms with Crippen molar-refractivity contribution in [3.8, 4) is 11.5 Å². The molecule has 0 heterocycles. The second-order valence-electron chi connectivity index (χ2n) is 9.06. The summed E-state index contributed by atoms with van der Waals surface area (Å²) in [5, 5.41) is 3.35. The molecular formula is C29H34ClN3O6S. The van der Waals surface area contributed by atoms with E-state index in [0.29, 0.717) is 17.3 Å². The van der Waals surface area contributed by atoms with Crippen LogP contribution >= 0.6 is 11.6 Å². The lowest BCUT2D eigenvalue weighted by molar-refractivity contribution is -0.140. The molecule has 0 saturated carbocycles. The lowest BCUT2D eigenvalue weighted by atomic mass is 10.0. The molecule has 0 aromatic heterocycles. The van der Waals surface area contributed by atoms with E-state index in [0.717, 1.165) is 21.7 Å². The van der Waals surface area contributed by atoms with Crippen LogP contribution in [0.1, 0.15) is 18.1 Å². The number of rotatable bonds is 13. The molecule has 2 amide bonds. The standard InChI is InChI=1S/C29H34ClN3O6S/c1-5-31-29(35)26(17-21-9-7-6-8-10-21)32(19-22-11-13-23(30)14-12-22)28(34)20-33(40(4,36)37)25-18-24(38-2)15-16-27(25)39-3/h6-16,18,26H,5,17,19-20H2,1-4H3,(H,31,35)/t26-/m0/s1. The highest BCUT2D eigenvalue weighted by Gasteiger charge is 2.33. The van der Waals surface area contributed by atoms with E-state index in [9.17, 15) is 18.0 Å². The Kier molecular flexibility index (Phi) is 10.8. The van der Waals surface area contributed by atoms with Gasteiger partial charge in [0.05, 0.1) is 26.2 Å². The summed E-state index contributed by atoms with van der Waals surface area (Å²) in [7, 11) is -1.10. The van der Waals surface area contributed by atoms with Crippen molar-refractivity contribution in [3.05, 3.63) is 88.9 Å². The molecule has 3 aromatic rings. The average Bonchev–Trinajstić information content (AvgIpc) is 2.94. The molecule has 1 N–H and O–H groups in total. The molecule has 40 heavy (non-hydrogen) atoms. The lowest BCUT2D eigenvalue weighted by Gasteiger charge is -2.33. The van der Waals surface area contributed by atoms with Crippen molar-refractivity contribution < 1.29 is 27.5 Å². The highest BCUT2D eigenvalue weighted by molar-refractivity contribution is 7.92. The van der Waals surface area contributed by atoms with Gasteiger partial charge in [-0.05, 0) is 42.3 Å². The van der Waals surface area contributed by atoms with Crippen molar-refractivity contribution in [1.29, 1.82) is 0 Å². The number of amides is 2. The maximum atomic E-state index is 14.1. The number of nitrogens with one attached hydrogen (secondary N) is 1. The number of likely N-dealkylation sites (N-methyl/N-ethyl adjacent to an activating group) is 1. The summed E-state index contributed by atoms with van der Waals surface area (Å²) in [4.78, 5) is 28.9. The first-order chi connectivity index (χ1) is 19.1. The third-order valence-corrected chi connectivity index (χ3v) is 7.60. The second kappa shape index (κ2) is 14.0. The SMILES string of the molecule is CCNC(=O)[C@H](Cc1ccccc1)N(Cc1ccc(Cl)cc1)C(=O)CN(c1cc(OC)ccc1OC)S(C)(=O)=O. The molecule has 0 aliphatic heterocycles. The zero-order valence-electron chi connectivity index (χ0n) is 23.0. The largest absolute Gasteiger partial charge is 0.497 e. The van der Waals surface area contributed by atoms with Crippen molar-refractivity contribution in [2.75, 3.05) is 37.9 Å². The zero-order valence-corrected chi connectivity index (χ0v) is 24.5. The number of ether oxygens (including phenoxy) is 2. The van der Waals surface area contributed by atoms with Crippen LogP contribution in [0.5, 0.6) is 11.5 Å². The van der Waals surface area contributed by atoms with Gasteiger partial charge < -0.3 is 19.7 Å². The normalized spacial score (nSPS) is 11.8. The predicted octanol–water partition coefficient (Wildman–Crippen LogP) is 3.90. The molecule has 0 saturated heterocycles. The number of nitrogens with zero attached hydrogens (tertiary/aromatic N) is 2. The molecule has 11 heteroatoms. The van der Waals surface area contributed by atoms with Crippen LogP contribution in [0.25, 0.3) is 0 Å². The number of hydrogen-bond acceptors (Lipinski definition) is 6. The summed E-state index contributed by atoms with van der Waals surface area (Å²) < 4.78 is 37.7. The van der Waals surface area contributed by atoms with Crippen LogP contribution in [0.4, 0.5) is 5.69 Å². The highest BCUT2D eigenvalue weighted by Crippen LogP contribution is 2.34. The Hall–Kier alpha value is -3.76. The van der Waals surface area contributed by atoms with Gasteiger partial charge in [0, 0.05) is 30.6 Å². The topological polar surface area (TPSA) is 105 Å². The minimum absolute atomic E-state index is 0.0531. The van der Waals surface area contributed by atoms with Crippen LogP contribution in [0.3, 0.4) is 0 Å². The molecule has 0 unspecified atom stereocenters. The van der Waals surface area contributed by atoms with Gasteiger partial charge >= 0.3 is 0 Å². The van der Waals surface area contributed by atoms with Gasteiger partial charge in [-0.2, -0.15) is 0 Å². The van der Waals surface area contributed by atoms with E-state index in [-0.39, 0.29) is 30.3 Å². The van der Waals surface area contributed by atoms with E-state index in [1.54, 1.807) is 43.3 Å². The van der Waals surface area contributed by atoms with Crippen molar-refractivity contribution in [1.82, 2.24) is 10.2 Å². The first kappa shape index (κ1) is 30.8. The van der Waals surface area contributed by atoms with Gasteiger partial charge in [0.15, 0.2) is 0 Å². The quantitative estimate of drug-likeness (QED) is 0.325. The smallest absolute Gasteiger partial charge is 0.244 e. The fourth-order valence-electron chi connectivity index (χ4n) is 4.22. The summed E-state index contributed by atoms with van der Waals surface area (Å²) in [6, 6.07) is 20.0. The Labute approximate surface area is 240 Å². The van der Waals surface area contributed by atoms with Crippen LogP contribution in [0.15, 0.2) is 72.8 Å². The number of methoxy groups -OCH3 is 2. The minimum atomic E-state index is -3.97. The minimum Gasteiger partial charge on any atom is -0.497 e. The van der Waals surface area contributed by atoms with Gasteiger partial charge in [-0.1, -0.05) is 54.1 Å². The third kappa shape index (κ3) is 8.12. The summed E-state index contributed by atoms with van der Waals surface area (Å²) in [6.45, 7) is 1.64. The summed E-state index contributed by atoms with van der Waals surface area (Å²) >= 11 is 6.07. The Bertz CT molecular complexity index is 1400. The molecule has 0 aliphatic rings. The van der Waals surface area contributed by atoms with E-state index in [2.05, 4.69) is 5.32 Å². The number of hydrogen-bond donors (Lipinski definition) is 1. The Morgan fingerprint density at radius 2 is 1.62 bits per heavy atom. The molecule has 0 radical (unpaired) electrons. The molecule has 0 bridgehead atoms. The number of carbonyl (C=O) groups excluding carboxylic acids is 2. The van der Waals surface area contributed by atoms with Crippen LogP contribution in [0.2, 0.25) is 5.02 Å². The van der Waals surface area contributed by atoms with Crippen LogP contribution in [-0.4, -0.2) is 64.7 Å². The number of benzene rings is 3. The molecular weight excluding hydrogens is 554 g/mol. The second-order valence-corrected chi connectivity index (χ2v) is 11.4. The summed E-state index contributed by atoms with van der Waals surface area (Å²) in [6.07, 6.45) is 1.24. The van der Waals surface area contributed by atoms with Crippen LogP contribution < -0.4 is 19.1 Å². The number of anilines is 1. The number of carbonyl (C=O) groups is 2. The Morgan fingerprint density at radius 1 is 0.950 bits per heavy atom. The van der Waals surface area contributed by atoms with Crippen molar-refractivity contribution >= 4 is 39.1 Å². The van der Waals surface area contributed by atoms with Crippen molar-refractivity contribution in [3.63, 3.8) is 0 Å². The van der Waals surface area contributed by atoms with Gasteiger partial charge in [-0.3, -0.25) is 13.9 Å². The maximum absolute atomic E-state index is 14.1. The molecule has 1 atom stereocenters. The lowest BCUT2D eigenvalue weighted by Crippen LogP contribution is -2.53. The Morgan fingerprint density at radius 3 is 2.20 bits per heavy atom. The van der Waals surface area contributed by atoms with E-state index in [4.69, 9.17) is 21.1 Å². The molecule has 0 spiro atoms. The van der Waals surface area contributed by atoms with Gasteiger partial charge in [0.2, 0.25) is 21.8 Å². The first-order valence-corrected chi connectivity index (χ1v) is 14.8. The third-order valence-electron chi connectivity index (χ3n) is 6.22. The molecule has 9 nitrogen and oxygen atoms in total. The van der Waals surface area contributed by atoms with E-state index in [1.165, 1.54) is 25.2 Å². The molecule has 3 rings (SSSR count). The van der Waals surface area contributed by atoms with E-state index < -0.39 is 28.5 Å². The van der Waals surface area contributed by atoms with Crippen molar-refractivity contribution in [2.45, 2.75) is 25.9 Å². The average molecular weight is 588 g/mol. The fourth-order valence-corrected chi connectivity index (χ4v) is 5.19. The van der Waals surface area contributed by atoms with Gasteiger partial charge in [0.1, 0.15) is 24.1 Å². The first-order valence-electron chi connectivity index (χ1n) is 12.6. The number of halogens is 1. The van der Waals surface area contributed by atoms with E-state index in [1.807, 2.05) is 30.3 Å². The molecule has 0 fully saturated rings. The maximum Gasteiger partial charge on any atom is 0.244 e. The fraction of sp³-hybridized carbons (Fsp3) is 0.310. The number of sulfonamides is 1. The van der Waals surface area contributed by atoms with Gasteiger partial charge in [-0.15, -0.1) is 0 Å². The molecule has 3 aromatic carbocycles. The Balaban J connectivity index is 2.08. The predicted molar refractivity (Wildman–Crippen MR) is 156 cm³/mol. The zero-order chi connectivity index (χ0) is 29.3. The summed E-state index contributed by atoms with van der Waals surface area (Å²) in [5.74, 6) is -0.289. The van der Waals surface area contributed by atoms with E-state index >= 15 is 0 Å². The van der Waals surface area contributed by atoms with Crippen LogP contribution in [-0.2, 0) is 32.6 Å². The van der Waals surface area contributed by atoms with Crippen LogP contribution in [0, 0.1) is 0 Å². The molecule has 214 valence electrons. The monoisotopic (exact) mass is 587 g/mol. The van der Waals surface area contributed by atoms with Gasteiger partial charge in [-0.25, -0.2) is 8.42 Å².